The van der Waals surface area contributed by atoms with Crippen molar-refractivity contribution in [3.8, 4) is 0 Å². The highest BCUT2D eigenvalue weighted by molar-refractivity contribution is 4.92. The van der Waals surface area contributed by atoms with E-state index >= 15 is 0 Å². The zero-order valence-corrected chi connectivity index (χ0v) is 15.9. The first kappa shape index (κ1) is 23.1. The van der Waals surface area contributed by atoms with Crippen molar-refractivity contribution in [1.82, 2.24) is 0 Å². The minimum absolute atomic E-state index is 0.257. The van der Waals surface area contributed by atoms with Crippen LogP contribution in [0.15, 0.2) is 0 Å². The van der Waals surface area contributed by atoms with E-state index in [1.54, 1.807) is 0 Å². The molecule has 3 fully saturated rings. The molecule has 12 atom stereocenters. The smallest absolute Gasteiger partial charge is 0.189 e. The summed E-state index contributed by atoms with van der Waals surface area (Å²) in [6, 6.07) is 0. The molecule has 0 unspecified atom stereocenters. The Kier molecular flexibility index (Phi) is 7.77. The fourth-order valence-corrected chi connectivity index (χ4v) is 3.47. The van der Waals surface area contributed by atoms with Crippen LogP contribution in [0.4, 0.5) is 0 Å². The van der Waals surface area contributed by atoms with Gasteiger partial charge in [-0.2, -0.15) is 0 Å². The predicted octanol–water partition coefficient (Wildman–Crippen LogP) is -4.39. The molecule has 3 heterocycles. The Labute approximate surface area is 166 Å². The first-order chi connectivity index (χ1) is 13.8. The number of hydrogen-bond acceptors (Lipinski definition) is 13. The third-order valence-corrected chi connectivity index (χ3v) is 5.15. The van der Waals surface area contributed by atoms with Crippen LogP contribution in [0, 0.1) is 0 Å². The fourth-order valence-electron chi connectivity index (χ4n) is 3.47. The van der Waals surface area contributed by atoms with Crippen LogP contribution in [0.2, 0.25) is 0 Å². The number of rotatable bonds is 8. The van der Waals surface area contributed by atoms with E-state index in [1.807, 2.05) is 0 Å². The van der Waals surface area contributed by atoms with Crippen molar-refractivity contribution in [2.75, 3.05) is 27.4 Å². The largest absolute Gasteiger partial charge is 0.394 e. The molecule has 0 aromatic rings. The normalized spacial score (nSPS) is 50.5. The molecule has 170 valence electrons. The van der Waals surface area contributed by atoms with E-state index < -0.39 is 80.6 Å². The van der Waals surface area contributed by atoms with Gasteiger partial charge in [-0.15, -0.1) is 0 Å². The number of aliphatic hydroxyl groups excluding tert-OH is 6. The zero-order valence-electron chi connectivity index (χ0n) is 15.9. The maximum Gasteiger partial charge on any atom is 0.189 e. The summed E-state index contributed by atoms with van der Waals surface area (Å²) < 4.78 is 37.0. The van der Waals surface area contributed by atoms with Crippen molar-refractivity contribution in [3.05, 3.63) is 0 Å². The molecular weight excluding hydrogens is 400 g/mol. The SMILES string of the molecule is CO[C@H]1O[C@H](O[C@H]2[C@H](O)[C@@H](OC)O[C@@H]2CO[C@H]2O[C@H](CO)[C@@H](O)[C@H]2O)[C@@H](O)[C@@H]1O. The van der Waals surface area contributed by atoms with E-state index in [-0.39, 0.29) is 6.61 Å². The second-order valence-electron chi connectivity index (χ2n) is 7.00. The number of ether oxygens (including phenoxy) is 7. The summed E-state index contributed by atoms with van der Waals surface area (Å²) in [5, 5.41) is 59.2. The topological polar surface area (TPSA) is 186 Å². The lowest BCUT2D eigenvalue weighted by atomic mass is 10.1. The van der Waals surface area contributed by atoms with Gasteiger partial charge in [0.05, 0.1) is 13.2 Å². The van der Waals surface area contributed by atoms with E-state index in [2.05, 4.69) is 0 Å². The van der Waals surface area contributed by atoms with Crippen LogP contribution in [-0.4, -0.2) is 132 Å². The van der Waals surface area contributed by atoms with Crippen molar-refractivity contribution in [2.24, 2.45) is 0 Å². The van der Waals surface area contributed by atoms with Gasteiger partial charge >= 0.3 is 0 Å². The average molecular weight is 428 g/mol. The number of hydrogen-bond donors (Lipinski definition) is 6. The molecule has 0 radical (unpaired) electrons. The van der Waals surface area contributed by atoms with Crippen molar-refractivity contribution in [1.29, 1.82) is 0 Å². The highest BCUT2D eigenvalue weighted by Crippen LogP contribution is 2.31. The summed E-state index contributed by atoms with van der Waals surface area (Å²) in [6.07, 6.45) is -14.6. The summed E-state index contributed by atoms with van der Waals surface area (Å²) in [5.74, 6) is 0. The lowest BCUT2D eigenvalue weighted by Crippen LogP contribution is -2.44. The molecule has 3 saturated heterocycles. The standard InChI is InChI=1S/C16H28O13/c1-23-13-9(20)10(21)16(29-13)28-12-6(27-14(24-2)11(12)22)4-25-15-8(19)7(18)5(3-17)26-15/h5-22H,3-4H2,1-2H3/t5-,6-,7-,8-,9+,10+,11+,12-,13+,14+,15+,16+/m1/s1. The molecule has 29 heavy (non-hydrogen) atoms. The van der Waals surface area contributed by atoms with E-state index in [9.17, 15) is 25.5 Å². The number of aliphatic hydroxyl groups is 6. The molecule has 6 N–H and O–H groups in total. The quantitative estimate of drug-likeness (QED) is 0.218. The molecule has 0 amide bonds. The van der Waals surface area contributed by atoms with Gasteiger partial charge in [0.25, 0.3) is 0 Å². The average Bonchev–Trinajstić information content (AvgIpc) is 3.28. The molecule has 0 aromatic carbocycles. The lowest BCUT2D eigenvalue weighted by Gasteiger charge is -2.26. The molecule has 0 spiro atoms. The van der Waals surface area contributed by atoms with Crippen LogP contribution < -0.4 is 0 Å². The van der Waals surface area contributed by atoms with Gasteiger partial charge in [0.15, 0.2) is 25.2 Å². The predicted molar refractivity (Wildman–Crippen MR) is 87.9 cm³/mol. The summed E-state index contributed by atoms with van der Waals surface area (Å²) >= 11 is 0. The summed E-state index contributed by atoms with van der Waals surface area (Å²) in [4.78, 5) is 0. The van der Waals surface area contributed by atoms with Gasteiger partial charge in [-0.3, -0.25) is 0 Å². The van der Waals surface area contributed by atoms with Crippen molar-refractivity contribution < 1.29 is 63.8 Å². The molecular formula is C16H28O13. The van der Waals surface area contributed by atoms with Gasteiger partial charge in [-0.1, -0.05) is 0 Å². The van der Waals surface area contributed by atoms with Gasteiger partial charge in [-0.05, 0) is 0 Å². The minimum Gasteiger partial charge on any atom is -0.394 e. The first-order valence-electron chi connectivity index (χ1n) is 9.12. The molecule has 0 saturated carbocycles. The molecule has 0 aliphatic carbocycles. The van der Waals surface area contributed by atoms with Gasteiger partial charge in [0.1, 0.15) is 48.8 Å². The van der Waals surface area contributed by atoms with E-state index in [0.717, 1.165) is 0 Å². The Morgan fingerprint density at radius 2 is 1.21 bits per heavy atom. The van der Waals surface area contributed by atoms with Crippen LogP contribution >= 0.6 is 0 Å². The fraction of sp³-hybridized carbons (Fsp3) is 1.00. The van der Waals surface area contributed by atoms with Crippen LogP contribution in [0.25, 0.3) is 0 Å². The molecule has 0 bridgehead atoms. The Morgan fingerprint density at radius 1 is 0.655 bits per heavy atom. The van der Waals surface area contributed by atoms with Gasteiger partial charge in [0, 0.05) is 14.2 Å². The van der Waals surface area contributed by atoms with Crippen LogP contribution in [0.5, 0.6) is 0 Å². The van der Waals surface area contributed by atoms with Crippen molar-refractivity contribution in [3.63, 3.8) is 0 Å². The van der Waals surface area contributed by atoms with Crippen LogP contribution in [-0.2, 0) is 33.2 Å². The Morgan fingerprint density at radius 3 is 1.76 bits per heavy atom. The van der Waals surface area contributed by atoms with E-state index in [1.165, 1.54) is 14.2 Å². The lowest BCUT2D eigenvalue weighted by molar-refractivity contribution is -0.248. The maximum absolute atomic E-state index is 10.4. The van der Waals surface area contributed by atoms with Crippen LogP contribution in [0.3, 0.4) is 0 Å². The molecule has 0 aromatic heterocycles. The van der Waals surface area contributed by atoms with Gasteiger partial charge < -0.3 is 63.8 Å². The third-order valence-electron chi connectivity index (χ3n) is 5.15. The molecule has 3 rings (SSSR count). The minimum atomic E-state index is -1.43. The summed E-state index contributed by atoms with van der Waals surface area (Å²) in [7, 11) is 2.60. The van der Waals surface area contributed by atoms with Crippen molar-refractivity contribution >= 4 is 0 Å². The maximum atomic E-state index is 10.4. The molecule has 13 nitrogen and oxygen atoms in total. The summed E-state index contributed by atoms with van der Waals surface area (Å²) in [5.41, 5.74) is 0. The molecule has 13 heteroatoms. The van der Waals surface area contributed by atoms with E-state index in [4.69, 9.17) is 38.3 Å². The van der Waals surface area contributed by atoms with Crippen LogP contribution in [0.1, 0.15) is 0 Å². The molecule has 3 aliphatic heterocycles. The highest BCUT2D eigenvalue weighted by atomic mass is 16.8. The van der Waals surface area contributed by atoms with Crippen molar-refractivity contribution in [2.45, 2.75) is 74.0 Å². The third kappa shape index (κ3) is 4.57. The Bertz CT molecular complexity index is 523. The number of methoxy groups -OCH3 is 2. The second kappa shape index (κ2) is 9.74. The zero-order chi connectivity index (χ0) is 21.3. The highest BCUT2D eigenvalue weighted by Gasteiger charge is 2.52. The van der Waals surface area contributed by atoms with E-state index in [0.29, 0.717) is 0 Å². The second-order valence-corrected chi connectivity index (χ2v) is 7.00. The first-order valence-corrected chi connectivity index (χ1v) is 9.12. The van der Waals surface area contributed by atoms with Gasteiger partial charge in [-0.25, -0.2) is 0 Å². The molecule has 3 aliphatic rings. The van der Waals surface area contributed by atoms with Gasteiger partial charge in [0.2, 0.25) is 0 Å². The Hall–Kier alpha value is -0.520. The Balaban J connectivity index is 1.62. The monoisotopic (exact) mass is 428 g/mol. The summed E-state index contributed by atoms with van der Waals surface area (Å²) in [6.45, 7) is -0.763.